The third-order valence-corrected chi connectivity index (χ3v) is 6.64. The topological polar surface area (TPSA) is 104 Å². The molecule has 0 atom stereocenters. The van der Waals surface area contributed by atoms with Crippen molar-refractivity contribution in [3.63, 3.8) is 0 Å². The van der Waals surface area contributed by atoms with Crippen molar-refractivity contribution in [1.82, 2.24) is 4.72 Å². The fourth-order valence-electron chi connectivity index (χ4n) is 1.78. The number of aromatic carboxylic acids is 1. The van der Waals surface area contributed by atoms with Crippen LogP contribution in [0.1, 0.15) is 41.9 Å². The van der Waals surface area contributed by atoms with Crippen molar-refractivity contribution in [3.05, 3.63) is 16.5 Å². The van der Waals surface area contributed by atoms with Gasteiger partial charge in [0.15, 0.2) is 0 Å². The number of hydrogen-bond donors (Lipinski definition) is 3. The normalized spacial score (nSPS) is 12.6. The van der Waals surface area contributed by atoms with Gasteiger partial charge in [0, 0.05) is 0 Å². The molecule has 0 unspecified atom stereocenters. The molecule has 0 aliphatic heterocycles. The largest absolute Gasteiger partial charge is 0.477 e. The van der Waals surface area contributed by atoms with Crippen LogP contribution in [0.15, 0.2) is 10.3 Å². The molecule has 8 heteroatoms. The van der Waals surface area contributed by atoms with E-state index in [4.69, 9.17) is 5.11 Å². The Kier molecular flexibility index (Phi) is 5.31. The van der Waals surface area contributed by atoms with Crippen LogP contribution in [0, 0.1) is 6.92 Å². The number of carbonyl (C=O) groups is 1. The molecule has 1 rings (SSSR count). The first kappa shape index (κ1) is 17.1. The average Bonchev–Trinajstić information content (AvgIpc) is 2.79. The van der Waals surface area contributed by atoms with Gasteiger partial charge < -0.3 is 10.2 Å². The van der Waals surface area contributed by atoms with Crippen LogP contribution in [0.2, 0.25) is 0 Å². The summed E-state index contributed by atoms with van der Waals surface area (Å²) in [6, 6.07) is 1.34. The summed E-state index contributed by atoms with van der Waals surface area (Å²) in [5.74, 6) is -1.15. The first-order valence-electron chi connectivity index (χ1n) is 6.20. The standard InChI is InChI=1S/C12H19NO5S2/c1-4-12(5-2,7-14)13-20(17,18)9-6-8(3)10(19-9)11(15)16/h6,13-14H,4-5,7H2,1-3H3,(H,15,16). The Labute approximate surface area is 122 Å². The number of aliphatic hydroxyl groups is 1. The van der Waals surface area contributed by atoms with Gasteiger partial charge in [-0.2, -0.15) is 0 Å². The molecule has 0 aliphatic rings. The van der Waals surface area contributed by atoms with Crippen LogP contribution < -0.4 is 4.72 Å². The highest BCUT2D eigenvalue weighted by Crippen LogP contribution is 2.28. The van der Waals surface area contributed by atoms with Gasteiger partial charge in [-0.15, -0.1) is 11.3 Å². The van der Waals surface area contributed by atoms with Crippen LogP contribution in [0.4, 0.5) is 0 Å². The highest BCUT2D eigenvalue weighted by Gasteiger charge is 2.33. The molecule has 0 radical (unpaired) electrons. The van der Waals surface area contributed by atoms with Crippen molar-refractivity contribution in [3.8, 4) is 0 Å². The lowest BCUT2D eigenvalue weighted by Crippen LogP contribution is -2.50. The molecule has 0 saturated heterocycles. The summed E-state index contributed by atoms with van der Waals surface area (Å²) in [4.78, 5) is 11.0. The van der Waals surface area contributed by atoms with Gasteiger partial charge in [0.1, 0.15) is 9.09 Å². The van der Waals surface area contributed by atoms with E-state index in [1.807, 2.05) is 0 Å². The summed E-state index contributed by atoms with van der Waals surface area (Å²) in [5, 5.41) is 18.4. The molecule has 20 heavy (non-hydrogen) atoms. The van der Waals surface area contributed by atoms with E-state index in [9.17, 15) is 18.3 Å². The van der Waals surface area contributed by atoms with Crippen molar-refractivity contribution in [2.45, 2.75) is 43.4 Å². The summed E-state index contributed by atoms with van der Waals surface area (Å²) < 4.78 is 27.1. The molecule has 0 aliphatic carbocycles. The van der Waals surface area contributed by atoms with E-state index in [-0.39, 0.29) is 15.7 Å². The van der Waals surface area contributed by atoms with Gasteiger partial charge >= 0.3 is 5.97 Å². The fourth-order valence-corrected chi connectivity index (χ4v) is 4.70. The SMILES string of the molecule is CCC(CC)(CO)NS(=O)(=O)c1cc(C)c(C(=O)O)s1. The first-order chi connectivity index (χ1) is 9.21. The third kappa shape index (κ3) is 3.38. The number of thiophene rings is 1. The zero-order valence-corrected chi connectivity index (χ0v) is 13.3. The second-order valence-electron chi connectivity index (χ2n) is 4.63. The van der Waals surface area contributed by atoms with Crippen LogP contribution in [0.3, 0.4) is 0 Å². The van der Waals surface area contributed by atoms with Crippen molar-refractivity contribution < 1.29 is 23.4 Å². The minimum Gasteiger partial charge on any atom is -0.477 e. The number of hydrogen-bond acceptors (Lipinski definition) is 5. The lowest BCUT2D eigenvalue weighted by Gasteiger charge is -2.29. The Morgan fingerprint density at radius 2 is 1.95 bits per heavy atom. The lowest BCUT2D eigenvalue weighted by atomic mass is 9.96. The lowest BCUT2D eigenvalue weighted by molar-refractivity contribution is 0.0701. The van der Waals surface area contributed by atoms with Crippen LogP contribution in [-0.2, 0) is 10.0 Å². The molecule has 0 bridgehead atoms. The molecular formula is C12H19NO5S2. The molecule has 0 spiro atoms. The monoisotopic (exact) mass is 321 g/mol. The second kappa shape index (κ2) is 6.21. The van der Waals surface area contributed by atoms with Gasteiger partial charge in [-0.25, -0.2) is 17.9 Å². The van der Waals surface area contributed by atoms with Crippen molar-refractivity contribution in [2.24, 2.45) is 0 Å². The fraction of sp³-hybridized carbons (Fsp3) is 0.583. The van der Waals surface area contributed by atoms with Gasteiger partial charge in [-0.05, 0) is 31.4 Å². The predicted molar refractivity (Wildman–Crippen MR) is 76.7 cm³/mol. The Morgan fingerprint density at radius 3 is 2.30 bits per heavy atom. The highest BCUT2D eigenvalue weighted by atomic mass is 32.2. The number of aryl methyl sites for hydroxylation is 1. The van der Waals surface area contributed by atoms with Gasteiger partial charge in [-0.1, -0.05) is 13.8 Å². The first-order valence-corrected chi connectivity index (χ1v) is 8.50. The number of rotatable bonds is 7. The van der Waals surface area contributed by atoms with Gasteiger partial charge in [0.2, 0.25) is 0 Å². The van der Waals surface area contributed by atoms with Crippen molar-refractivity contribution >= 4 is 27.3 Å². The number of nitrogens with one attached hydrogen (secondary N) is 1. The quantitative estimate of drug-likeness (QED) is 0.707. The van der Waals surface area contributed by atoms with E-state index in [0.717, 1.165) is 0 Å². The van der Waals surface area contributed by atoms with Gasteiger partial charge in [0.25, 0.3) is 10.0 Å². The molecule has 0 aromatic carbocycles. The summed E-state index contributed by atoms with van der Waals surface area (Å²) >= 11 is 0.715. The van der Waals surface area contributed by atoms with Gasteiger partial charge in [-0.3, -0.25) is 0 Å². The molecular weight excluding hydrogens is 302 g/mol. The van der Waals surface area contributed by atoms with E-state index in [1.165, 1.54) is 6.07 Å². The summed E-state index contributed by atoms with van der Waals surface area (Å²) in [7, 11) is -3.84. The van der Waals surface area contributed by atoms with Crippen LogP contribution in [-0.4, -0.2) is 36.7 Å². The van der Waals surface area contributed by atoms with Crippen LogP contribution >= 0.6 is 11.3 Å². The third-order valence-electron chi connectivity index (χ3n) is 3.36. The Bertz CT molecular complexity index is 579. The summed E-state index contributed by atoms with van der Waals surface area (Å²) in [5.41, 5.74) is -0.509. The minimum atomic E-state index is -3.84. The zero-order chi connectivity index (χ0) is 15.6. The van der Waals surface area contributed by atoms with Crippen molar-refractivity contribution in [2.75, 3.05) is 6.61 Å². The highest BCUT2D eigenvalue weighted by molar-refractivity contribution is 7.91. The molecule has 0 saturated carbocycles. The smallest absolute Gasteiger partial charge is 0.346 e. The summed E-state index contributed by atoms with van der Waals surface area (Å²) in [6.07, 6.45) is 0.880. The second-order valence-corrected chi connectivity index (χ2v) is 7.60. The molecule has 3 N–H and O–H groups in total. The molecule has 1 aromatic rings. The number of carboxylic acids is 1. The Balaban J connectivity index is 3.17. The van der Waals surface area contributed by atoms with E-state index >= 15 is 0 Å². The van der Waals surface area contributed by atoms with E-state index in [0.29, 0.717) is 29.7 Å². The number of sulfonamides is 1. The van der Waals surface area contributed by atoms with Gasteiger partial charge in [0.05, 0.1) is 12.1 Å². The zero-order valence-electron chi connectivity index (χ0n) is 11.6. The molecule has 1 heterocycles. The molecule has 0 amide bonds. The maximum atomic E-state index is 12.3. The van der Waals surface area contributed by atoms with E-state index in [1.54, 1.807) is 20.8 Å². The molecule has 0 fully saturated rings. The van der Waals surface area contributed by atoms with Crippen molar-refractivity contribution in [1.29, 1.82) is 0 Å². The minimum absolute atomic E-state index is 0.00738. The maximum absolute atomic E-state index is 12.3. The van der Waals surface area contributed by atoms with E-state index < -0.39 is 21.5 Å². The predicted octanol–water partition coefficient (Wildman–Crippen LogP) is 1.58. The van der Waals surface area contributed by atoms with Crippen LogP contribution in [0.25, 0.3) is 0 Å². The van der Waals surface area contributed by atoms with Crippen LogP contribution in [0.5, 0.6) is 0 Å². The maximum Gasteiger partial charge on any atom is 0.346 e. The molecule has 6 nitrogen and oxygen atoms in total. The Hall–Kier alpha value is -0.960. The average molecular weight is 321 g/mol. The van der Waals surface area contributed by atoms with E-state index in [2.05, 4.69) is 4.72 Å². The molecule has 114 valence electrons. The molecule has 1 aromatic heterocycles. The number of carboxylic acid groups (broad SMARTS) is 1. The summed E-state index contributed by atoms with van der Waals surface area (Å²) in [6.45, 7) is 4.81. The number of aliphatic hydroxyl groups excluding tert-OH is 1. The Morgan fingerprint density at radius 1 is 1.40 bits per heavy atom.